The Morgan fingerprint density at radius 2 is 1.76 bits per heavy atom. The van der Waals surface area contributed by atoms with Crippen LogP contribution in [0.2, 0.25) is 5.02 Å². The fourth-order valence-corrected chi connectivity index (χ4v) is 5.06. The molecule has 1 atom stereocenters. The number of halogens is 1. The summed E-state index contributed by atoms with van der Waals surface area (Å²) in [6.07, 6.45) is 0.659. The highest BCUT2D eigenvalue weighted by atomic mass is 35.5. The molecule has 1 fully saturated rings. The van der Waals surface area contributed by atoms with Gasteiger partial charge in [-0.1, -0.05) is 60.1 Å². The Bertz CT molecular complexity index is 852. The number of amides is 1. The van der Waals surface area contributed by atoms with Crippen molar-refractivity contribution in [3.05, 3.63) is 70.7 Å². The zero-order chi connectivity index (χ0) is 17.9. The van der Waals surface area contributed by atoms with Gasteiger partial charge in [-0.2, -0.15) is 0 Å². The van der Waals surface area contributed by atoms with Crippen molar-refractivity contribution in [2.45, 2.75) is 25.4 Å². The lowest BCUT2D eigenvalue weighted by atomic mass is 10.1. The number of carbonyl (C=O) groups excluding carboxylic acids is 1. The molecule has 1 amide bonds. The molecule has 1 heterocycles. The minimum Gasteiger partial charge on any atom is -0.334 e. The van der Waals surface area contributed by atoms with Gasteiger partial charge in [0.15, 0.2) is 9.84 Å². The van der Waals surface area contributed by atoms with E-state index in [1.807, 2.05) is 48.5 Å². The fraction of sp³-hybridized carbons (Fsp3) is 0.316. The lowest BCUT2D eigenvalue weighted by Crippen LogP contribution is -2.41. The zero-order valence-corrected chi connectivity index (χ0v) is 15.3. The van der Waals surface area contributed by atoms with E-state index in [0.717, 1.165) is 11.1 Å². The van der Waals surface area contributed by atoms with Crippen molar-refractivity contribution in [2.24, 2.45) is 0 Å². The summed E-state index contributed by atoms with van der Waals surface area (Å²) in [4.78, 5) is 14.6. The van der Waals surface area contributed by atoms with Crippen molar-refractivity contribution >= 4 is 27.3 Å². The molecule has 0 unspecified atom stereocenters. The van der Waals surface area contributed by atoms with Crippen LogP contribution in [0.25, 0.3) is 0 Å². The van der Waals surface area contributed by atoms with Crippen LogP contribution in [-0.2, 0) is 27.6 Å². The Hall–Kier alpha value is -1.85. The van der Waals surface area contributed by atoms with E-state index in [1.54, 1.807) is 11.0 Å². The van der Waals surface area contributed by atoms with Crippen LogP contribution in [0.1, 0.15) is 17.5 Å². The smallest absolute Gasteiger partial charge is 0.227 e. The minimum atomic E-state index is -3.07. The molecule has 0 bridgehead atoms. The average Bonchev–Trinajstić information content (AvgIpc) is 2.95. The van der Waals surface area contributed by atoms with Crippen molar-refractivity contribution in [1.29, 1.82) is 0 Å². The van der Waals surface area contributed by atoms with Crippen LogP contribution in [0, 0.1) is 0 Å². The third-order valence-electron chi connectivity index (χ3n) is 4.46. The van der Waals surface area contributed by atoms with Gasteiger partial charge in [0.2, 0.25) is 5.91 Å². The van der Waals surface area contributed by atoms with Gasteiger partial charge in [-0.15, -0.1) is 0 Å². The highest BCUT2D eigenvalue weighted by Gasteiger charge is 2.34. The molecule has 0 aromatic heterocycles. The number of hydrogen-bond acceptors (Lipinski definition) is 3. The standard InChI is InChI=1S/C19H20ClNO3S/c20-18-9-5-4-8-16(18)12-19(22)21(13-15-6-2-1-3-7-15)17-10-11-25(23,24)14-17/h1-9,17H,10-14H2/t17-/m0/s1. The van der Waals surface area contributed by atoms with Crippen LogP contribution in [0.5, 0.6) is 0 Å². The number of hydrogen-bond donors (Lipinski definition) is 0. The summed E-state index contributed by atoms with van der Waals surface area (Å²) in [5, 5.41) is 0.551. The Morgan fingerprint density at radius 3 is 2.40 bits per heavy atom. The SMILES string of the molecule is O=C(Cc1ccccc1Cl)N(Cc1ccccc1)[C@H]1CCS(=O)(=O)C1. The van der Waals surface area contributed by atoms with E-state index >= 15 is 0 Å². The summed E-state index contributed by atoms with van der Waals surface area (Å²) >= 11 is 6.17. The van der Waals surface area contributed by atoms with Gasteiger partial charge in [-0.05, 0) is 23.6 Å². The van der Waals surface area contributed by atoms with E-state index in [1.165, 1.54) is 0 Å². The fourth-order valence-electron chi connectivity index (χ4n) is 3.13. The highest BCUT2D eigenvalue weighted by molar-refractivity contribution is 7.91. The van der Waals surface area contributed by atoms with E-state index < -0.39 is 9.84 Å². The Kier molecular flexibility index (Phi) is 5.45. The molecule has 3 rings (SSSR count). The summed E-state index contributed by atoms with van der Waals surface area (Å²) in [6.45, 7) is 0.407. The average molecular weight is 378 g/mol. The first-order valence-electron chi connectivity index (χ1n) is 8.22. The number of rotatable bonds is 5. The topological polar surface area (TPSA) is 54.5 Å². The van der Waals surface area contributed by atoms with Crippen molar-refractivity contribution in [2.75, 3.05) is 11.5 Å². The Labute approximate surface area is 153 Å². The minimum absolute atomic E-state index is 0.0358. The van der Waals surface area contributed by atoms with E-state index in [4.69, 9.17) is 11.6 Å². The molecule has 6 heteroatoms. The van der Waals surface area contributed by atoms with Gasteiger partial charge < -0.3 is 4.90 Å². The quantitative estimate of drug-likeness (QED) is 0.804. The molecule has 0 saturated carbocycles. The molecule has 4 nitrogen and oxygen atoms in total. The second-order valence-corrected chi connectivity index (χ2v) is 8.97. The van der Waals surface area contributed by atoms with Crippen LogP contribution in [0.4, 0.5) is 0 Å². The first-order chi connectivity index (χ1) is 11.9. The maximum absolute atomic E-state index is 12.9. The monoisotopic (exact) mass is 377 g/mol. The molecule has 0 aliphatic carbocycles. The zero-order valence-electron chi connectivity index (χ0n) is 13.8. The van der Waals surface area contributed by atoms with Crippen LogP contribution in [0.15, 0.2) is 54.6 Å². The second-order valence-electron chi connectivity index (χ2n) is 6.33. The van der Waals surface area contributed by atoms with E-state index in [2.05, 4.69) is 0 Å². The molecular formula is C19H20ClNO3S. The van der Waals surface area contributed by atoms with Gasteiger partial charge in [0.1, 0.15) is 0 Å². The Balaban J connectivity index is 1.82. The lowest BCUT2D eigenvalue weighted by molar-refractivity contribution is -0.133. The summed E-state index contributed by atoms with van der Waals surface area (Å²) in [5.41, 5.74) is 1.74. The molecular weight excluding hydrogens is 358 g/mol. The number of carbonyl (C=O) groups is 1. The first kappa shape index (κ1) is 18.0. The third kappa shape index (κ3) is 4.61. The highest BCUT2D eigenvalue weighted by Crippen LogP contribution is 2.23. The summed E-state index contributed by atoms with van der Waals surface area (Å²) in [6, 6.07) is 16.6. The van der Waals surface area contributed by atoms with Crippen molar-refractivity contribution in [1.82, 2.24) is 4.90 Å². The van der Waals surface area contributed by atoms with Crippen molar-refractivity contribution in [3.63, 3.8) is 0 Å². The van der Waals surface area contributed by atoms with E-state index in [0.29, 0.717) is 18.0 Å². The van der Waals surface area contributed by atoms with Crippen LogP contribution in [0.3, 0.4) is 0 Å². The molecule has 132 valence electrons. The van der Waals surface area contributed by atoms with Gasteiger partial charge in [0.25, 0.3) is 0 Å². The summed E-state index contributed by atoms with van der Waals surface area (Å²) in [7, 11) is -3.07. The largest absolute Gasteiger partial charge is 0.334 e. The molecule has 25 heavy (non-hydrogen) atoms. The van der Waals surface area contributed by atoms with Gasteiger partial charge in [-0.3, -0.25) is 4.79 Å². The van der Waals surface area contributed by atoms with Crippen LogP contribution >= 0.6 is 11.6 Å². The first-order valence-corrected chi connectivity index (χ1v) is 10.4. The molecule has 2 aromatic rings. The van der Waals surface area contributed by atoms with Gasteiger partial charge >= 0.3 is 0 Å². The third-order valence-corrected chi connectivity index (χ3v) is 6.58. The molecule has 0 N–H and O–H groups in total. The summed E-state index contributed by atoms with van der Waals surface area (Å²) in [5.74, 6) is 0.0789. The number of benzene rings is 2. The number of sulfone groups is 1. The van der Waals surface area contributed by atoms with Gasteiger partial charge in [0.05, 0.1) is 17.9 Å². The molecule has 2 aromatic carbocycles. The van der Waals surface area contributed by atoms with Crippen molar-refractivity contribution in [3.8, 4) is 0 Å². The van der Waals surface area contributed by atoms with Crippen LogP contribution in [-0.4, -0.2) is 36.8 Å². The normalized spacial score (nSPS) is 18.8. The predicted molar refractivity (Wildman–Crippen MR) is 99.2 cm³/mol. The van der Waals surface area contributed by atoms with Gasteiger partial charge in [0, 0.05) is 17.6 Å². The maximum atomic E-state index is 12.9. The Morgan fingerprint density at radius 1 is 1.08 bits per heavy atom. The summed E-state index contributed by atoms with van der Waals surface area (Å²) < 4.78 is 23.7. The molecule has 1 aliphatic rings. The molecule has 0 radical (unpaired) electrons. The maximum Gasteiger partial charge on any atom is 0.227 e. The van der Waals surface area contributed by atoms with Gasteiger partial charge in [-0.25, -0.2) is 8.42 Å². The number of nitrogens with zero attached hydrogens (tertiary/aromatic N) is 1. The molecule has 1 saturated heterocycles. The van der Waals surface area contributed by atoms with Crippen LogP contribution < -0.4 is 0 Å². The predicted octanol–water partition coefficient (Wildman–Crippen LogP) is 3.10. The lowest BCUT2D eigenvalue weighted by Gasteiger charge is -2.28. The second kappa shape index (κ2) is 7.58. The van der Waals surface area contributed by atoms with Crippen molar-refractivity contribution < 1.29 is 13.2 Å². The molecule has 0 spiro atoms. The van der Waals surface area contributed by atoms with E-state index in [-0.39, 0.29) is 29.9 Å². The van der Waals surface area contributed by atoms with E-state index in [9.17, 15) is 13.2 Å². The molecule has 1 aliphatic heterocycles.